The van der Waals surface area contributed by atoms with E-state index in [4.69, 9.17) is 0 Å². The molecule has 0 saturated carbocycles. The molecular weight excluding hydrogens is 591 g/mol. The van der Waals surface area contributed by atoms with Crippen LogP contribution in [0.15, 0.2) is 140 Å². The third-order valence-electron chi connectivity index (χ3n) is 11.4. The molecule has 9 aromatic carbocycles. The lowest BCUT2D eigenvalue weighted by atomic mass is 9.37. The van der Waals surface area contributed by atoms with Gasteiger partial charge < -0.3 is 9.80 Å². The van der Waals surface area contributed by atoms with Crippen LogP contribution in [0.2, 0.25) is 12.6 Å². The highest BCUT2D eigenvalue weighted by Gasteiger charge is 2.36. The van der Waals surface area contributed by atoms with Crippen molar-refractivity contribution in [3.05, 3.63) is 152 Å². The summed E-state index contributed by atoms with van der Waals surface area (Å²) in [6.07, 6.45) is 2.30. The molecule has 11 rings (SSSR count). The Balaban J connectivity index is 1.10. The summed E-state index contributed by atoms with van der Waals surface area (Å²) in [6.45, 7) is 2.57. The first-order valence-electron chi connectivity index (χ1n) is 17.5. The average molecular weight is 623 g/mol. The minimum absolute atomic E-state index is 0.552. The second-order valence-electron chi connectivity index (χ2n) is 13.7. The molecule has 0 amide bonds. The molecule has 49 heavy (non-hydrogen) atoms. The summed E-state index contributed by atoms with van der Waals surface area (Å²) in [4.78, 5) is 5.17. The van der Waals surface area contributed by atoms with Crippen LogP contribution in [0.4, 0.5) is 22.7 Å². The van der Waals surface area contributed by atoms with E-state index in [1.54, 1.807) is 0 Å². The van der Waals surface area contributed by atoms with Crippen LogP contribution in [0.25, 0.3) is 64.6 Å². The largest absolute Gasteiger partial charge is 0.343 e. The summed E-state index contributed by atoms with van der Waals surface area (Å²) in [6, 6.07) is 58.5. The summed E-state index contributed by atoms with van der Waals surface area (Å²) < 4.78 is 0. The zero-order chi connectivity index (χ0) is 32.1. The molecule has 228 valence electrons. The molecule has 0 spiro atoms. The van der Waals surface area contributed by atoms with E-state index in [2.05, 4.69) is 155 Å². The van der Waals surface area contributed by atoms with Gasteiger partial charge in [-0.05, 0) is 102 Å². The van der Waals surface area contributed by atoms with E-state index in [0.717, 1.165) is 31.1 Å². The molecule has 2 nitrogen and oxygen atoms in total. The van der Waals surface area contributed by atoms with E-state index in [0.29, 0.717) is 6.71 Å². The van der Waals surface area contributed by atoms with Gasteiger partial charge in [0.05, 0.1) is 5.69 Å². The molecule has 9 aromatic rings. The maximum Gasteiger partial charge on any atom is 0.184 e. The number of benzene rings is 8. The van der Waals surface area contributed by atoms with Crippen LogP contribution in [0.1, 0.15) is 0 Å². The molecule has 0 N–H and O–H groups in total. The normalized spacial score (nSPS) is 14.3. The maximum atomic E-state index is 3.54. The summed E-state index contributed by atoms with van der Waals surface area (Å²) in [5.41, 5.74) is 6.70. The highest BCUT2D eigenvalue weighted by molar-refractivity contribution is 6.77. The van der Waals surface area contributed by atoms with Gasteiger partial charge in [0, 0.05) is 40.9 Å². The van der Waals surface area contributed by atoms with Gasteiger partial charge in [-0.2, -0.15) is 0 Å². The van der Waals surface area contributed by atoms with E-state index in [1.807, 2.05) is 6.07 Å². The SMILES string of the molecule is c1ccc2c(c#1)c1c(N3CCB4CCN(c5ccc6c7ccccc7c7ccccc7c6c5)c5cccc3c54)cccc1c1ccccc21. The first kappa shape index (κ1) is 27.0. The monoisotopic (exact) mass is 622 g/mol. The van der Waals surface area contributed by atoms with Crippen molar-refractivity contribution in [1.82, 2.24) is 0 Å². The molecule has 0 bridgehead atoms. The Labute approximate surface area is 285 Å². The van der Waals surface area contributed by atoms with Gasteiger partial charge in [-0.15, -0.1) is 0 Å². The first-order valence-corrected chi connectivity index (χ1v) is 17.5. The van der Waals surface area contributed by atoms with Gasteiger partial charge in [-0.1, -0.05) is 122 Å². The Morgan fingerprint density at radius 3 is 1.69 bits per heavy atom. The number of anilines is 4. The van der Waals surface area contributed by atoms with E-state index in [-0.39, 0.29) is 0 Å². The Morgan fingerprint density at radius 1 is 0.449 bits per heavy atom. The van der Waals surface area contributed by atoms with Crippen LogP contribution in [-0.2, 0) is 0 Å². The van der Waals surface area contributed by atoms with Crippen LogP contribution in [0, 0.1) is 12.1 Å². The molecule has 0 saturated heterocycles. The molecule has 3 heteroatoms. The number of hydrogen-bond donors (Lipinski definition) is 0. The average Bonchev–Trinajstić information content (AvgIpc) is 3.18. The molecule has 0 atom stereocenters. The van der Waals surface area contributed by atoms with Crippen molar-refractivity contribution >= 4 is 99.6 Å². The number of hydrogen-bond acceptors (Lipinski definition) is 2. The van der Waals surface area contributed by atoms with E-state index < -0.39 is 0 Å². The zero-order valence-corrected chi connectivity index (χ0v) is 27.1. The van der Waals surface area contributed by atoms with Crippen molar-refractivity contribution in [2.45, 2.75) is 12.6 Å². The summed E-state index contributed by atoms with van der Waals surface area (Å²) in [7, 11) is 0. The van der Waals surface area contributed by atoms with Crippen molar-refractivity contribution in [3.63, 3.8) is 0 Å². The second kappa shape index (κ2) is 10.3. The topological polar surface area (TPSA) is 6.48 Å². The number of rotatable bonds is 2. The fourth-order valence-electron chi connectivity index (χ4n) is 9.27. The lowest BCUT2D eigenvalue weighted by Gasteiger charge is -2.42. The first-order chi connectivity index (χ1) is 24.3. The van der Waals surface area contributed by atoms with E-state index in [9.17, 15) is 0 Å². The van der Waals surface area contributed by atoms with Crippen LogP contribution >= 0.6 is 0 Å². The third kappa shape index (κ3) is 3.80. The zero-order valence-electron chi connectivity index (χ0n) is 27.1. The Kier molecular flexibility index (Phi) is 5.66. The van der Waals surface area contributed by atoms with Crippen LogP contribution in [0.3, 0.4) is 0 Å². The fraction of sp³-hybridized carbons (Fsp3) is 0.0870. The summed E-state index contributed by atoms with van der Waals surface area (Å²) in [5, 5.41) is 15.4. The summed E-state index contributed by atoms with van der Waals surface area (Å²) in [5.74, 6) is 0. The smallest absolute Gasteiger partial charge is 0.184 e. The molecule has 2 aliphatic rings. The molecule has 2 aliphatic heterocycles. The molecule has 0 unspecified atom stereocenters. The second-order valence-corrected chi connectivity index (χ2v) is 13.7. The van der Waals surface area contributed by atoms with Crippen molar-refractivity contribution in [3.8, 4) is 0 Å². The highest BCUT2D eigenvalue weighted by atomic mass is 15.2. The summed E-state index contributed by atoms with van der Waals surface area (Å²) >= 11 is 0. The molecular formula is C46H31BN2. The maximum absolute atomic E-state index is 3.54. The van der Waals surface area contributed by atoms with Gasteiger partial charge in [-0.25, -0.2) is 0 Å². The van der Waals surface area contributed by atoms with Gasteiger partial charge in [0.25, 0.3) is 0 Å². The molecule has 0 fully saturated rings. The Hall–Kier alpha value is -5.98. The third-order valence-corrected chi connectivity index (χ3v) is 11.4. The minimum Gasteiger partial charge on any atom is -0.343 e. The molecule has 0 aromatic heterocycles. The van der Waals surface area contributed by atoms with Gasteiger partial charge in [0.1, 0.15) is 0 Å². The number of nitrogens with zero attached hydrogens (tertiary/aromatic N) is 2. The fourth-order valence-corrected chi connectivity index (χ4v) is 9.27. The van der Waals surface area contributed by atoms with E-state index in [1.165, 1.54) is 87.5 Å². The van der Waals surface area contributed by atoms with Crippen LogP contribution in [0.5, 0.6) is 0 Å². The van der Waals surface area contributed by atoms with Gasteiger partial charge in [0.15, 0.2) is 6.71 Å². The lowest BCUT2D eigenvalue weighted by molar-refractivity contribution is 0.946. The van der Waals surface area contributed by atoms with E-state index >= 15 is 0 Å². The minimum atomic E-state index is 0.552. The van der Waals surface area contributed by atoms with Crippen molar-refractivity contribution in [2.24, 2.45) is 0 Å². The predicted molar refractivity (Wildman–Crippen MR) is 211 cm³/mol. The Bertz CT molecular complexity index is 2740. The predicted octanol–water partition coefficient (Wildman–Crippen LogP) is 11.2. The molecule has 0 aliphatic carbocycles. The van der Waals surface area contributed by atoms with Crippen molar-refractivity contribution in [2.75, 3.05) is 22.9 Å². The van der Waals surface area contributed by atoms with Gasteiger partial charge in [0.2, 0.25) is 0 Å². The lowest BCUT2D eigenvalue weighted by Crippen LogP contribution is -2.49. The Morgan fingerprint density at radius 2 is 0.980 bits per heavy atom. The van der Waals surface area contributed by atoms with Crippen LogP contribution < -0.4 is 15.3 Å². The quantitative estimate of drug-likeness (QED) is 0.140. The van der Waals surface area contributed by atoms with Crippen molar-refractivity contribution in [1.29, 1.82) is 0 Å². The van der Waals surface area contributed by atoms with Crippen LogP contribution in [-0.4, -0.2) is 19.8 Å². The number of fused-ring (bicyclic) bond motifs is 12. The van der Waals surface area contributed by atoms with Crippen molar-refractivity contribution < 1.29 is 0 Å². The molecule has 0 radical (unpaired) electrons. The van der Waals surface area contributed by atoms with Gasteiger partial charge >= 0.3 is 0 Å². The molecule has 2 heterocycles. The van der Waals surface area contributed by atoms with Gasteiger partial charge in [-0.3, -0.25) is 0 Å². The highest BCUT2D eigenvalue weighted by Crippen LogP contribution is 2.45. The standard InChI is InChI=1S/C46H31BN2/c1-2-13-33-31(11-1)32-12-4-6-17-37(32)41-29-30(23-24-38(33)41)48-27-25-47-26-28-49(44-22-10-21-43(48)46(44)47)42-20-9-19-40-36-15-5-3-14-34(36)35-16-7-8-18-39(35)45(40)42/h1-7,9-17,19-24,29H,25-28H2.